The summed E-state index contributed by atoms with van der Waals surface area (Å²) in [5.41, 5.74) is 1.35. The zero-order chi connectivity index (χ0) is 6.97. The molecular formula is C10H9Hf-. The minimum absolute atomic E-state index is 0. The SMILES string of the molecule is Cc1cc2ccccc2[cH-]1.[Hf]. The second kappa shape index (κ2) is 3.40. The van der Waals surface area contributed by atoms with Crippen molar-refractivity contribution in [3.8, 4) is 0 Å². The molecule has 0 saturated carbocycles. The number of rotatable bonds is 0. The molecule has 11 heavy (non-hydrogen) atoms. The van der Waals surface area contributed by atoms with Gasteiger partial charge < -0.3 is 0 Å². The van der Waals surface area contributed by atoms with Crippen molar-refractivity contribution in [2.24, 2.45) is 0 Å². The summed E-state index contributed by atoms with van der Waals surface area (Å²) >= 11 is 0. The first-order chi connectivity index (χ1) is 4.86. The number of benzene rings is 1. The Morgan fingerprint density at radius 1 is 1.18 bits per heavy atom. The Morgan fingerprint density at radius 3 is 2.64 bits per heavy atom. The second-order valence-corrected chi connectivity index (χ2v) is 2.66. The maximum atomic E-state index is 2.20. The van der Waals surface area contributed by atoms with Crippen LogP contribution in [0.2, 0.25) is 0 Å². The number of fused-ring (bicyclic) bond motifs is 1. The second-order valence-electron chi connectivity index (χ2n) is 2.66. The first kappa shape index (κ1) is 8.79. The van der Waals surface area contributed by atoms with Crippen molar-refractivity contribution in [1.82, 2.24) is 0 Å². The monoisotopic (exact) mass is 309 g/mol. The molecule has 0 nitrogen and oxygen atoms in total. The molecule has 0 radical (unpaired) electrons. The fraction of sp³-hybridized carbons (Fsp3) is 0.100. The molecule has 2 aromatic rings. The molecule has 0 spiro atoms. The summed E-state index contributed by atoms with van der Waals surface area (Å²) in [7, 11) is 0. The summed E-state index contributed by atoms with van der Waals surface area (Å²) < 4.78 is 0. The molecule has 0 N–H and O–H groups in total. The molecule has 0 amide bonds. The van der Waals surface area contributed by atoms with Crippen molar-refractivity contribution in [3.05, 3.63) is 42.0 Å². The van der Waals surface area contributed by atoms with Crippen molar-refractivity contribution < 1.29 is 25.8 Å². The van der Waals surface area contributed by atoms with Crippen LogP contribution in [0.5, 0.6) is 0 Å². The van der Waals surface area contributed by atoms with Gasteiger partial charge in [-0.1, -0.05) is 13.0 Å². The summed E-state index contributed by atoms with van der Waals surface area (Å²) in [4.78, 5) is 0. The maximum absolute atomic E-state index is 2.20. The minimum atomic E-state index is 0. The zero-order valence-corrected chi connectivity index (χ0v) is 10.1. The number of hydrogen-bond acceptors (Lipinski definition) is 0. The van der Waals surface area contributed by atoms with Gasteiger partial charge in [0.15, 0.2) is 0 Å². The average Bonchev–Trinajstić information content (AvgIpc) is 2.27. The van der Waals surface area contributed by atoms with Crippen LogP contribution in [0, 0.1) is 6.92 Å². The third-order valence-electron chi connectivity index (χ3n) is 1.76. The van der Waals surface area contributed by atoms with Crippen LogP contribution in [-0.2, 0) is 25.8 Å². The molecule has 0 bridgehead atoms. The van der Waals surface area contributed by atoms with Crippen molar-refractivity contribution in [1.29, 1.82) is 0 Å². The van der Waals surface area contributed by atoms with Crippen LogP contribution in [0.3, 0.4) is 0 Å². The molecule has 0 aliphatic heterocycles. The molecule has 0 saturated heterocycles. The number of hydrogen-bond donors (Lipinski definition) is 0. The van der Waals surface area contributed by atoms with E-state index in [9.17, 15) is 0 Å². The first-order valence-corrected chi connectivity index (χ1v) is 3.48. The Morgan fingerprint density at radius 2 is 1.91 bits per heavy atom. The smallest absolute Gasteiger partial charge is 0 e. The summed E-state index contributed by atoms with van der Waals surface area (Å²) in [6.07, 6.45) is 0. The Kier molecular flexibility index (Phi) is 2.72. The van der Waals surface area contributed by atoms with Gasteiger partial charge in [0, 0.05) is 25.8 Å². The van der Waals surface area contributed by atoms with Crippen LogP contribution < -0.4 is 0 Å². The molecule has 0 aliphatic rings. The third-order valence-corrected chi connectivity index (χ3v) is 1.76. The van der Waals surface area contributed by atoms with Crippen LogP contribution in [-0.4, -0.2) is 0 Å². The van der Waals surface area contributed by atoms with E-state index in [2.05, 4.69) is 43.3 Å². The molecule has 0 aromatic heterocycles. The summed E-state index contributed by atoms with van der Waals surface area (Å²) in [5, 5.41) is 2.69. The van der Waals surface area contributed by atoms with E-state index in [-0.39, 0.29) is 25.8 Å². The standard InChI is InChI=1S/C10H9.Hf/c1-8-6-9-4-2-3-5-10(9)7-8;/h2-7H,1H3;/q-1;. The van der Waals surface area contributed by atoms with Gasteiger partial charge in [0.2, 0.25) is 0 Å². The predicted octanol–water partition coefficient (Wildman–Crippen LogP) is 2.86. The molecule has 2 rings (SSSR count). The van der Waals surface area contributed by atoms with Crippen molar-refractivity contribution in [2.45, 2.75) is 6.92 Å². The zero-order valence-electron chi connectivity index (χ0n) is 6.46. The molecular weight excluding hydrogens is 299 g/mol. The minimum Gasteiger partial charge on any atom is -0.165 e. The Labute approximate surface area is 85.4 Å². The fourth-order valence-corrected chi connectivity index (χ4v) is 1.31. The van der Waals surface area contributed by atoms with Crippen molar-refractivity contribution >= 4 is 10.8 Å². The average molecular weight is 308 g/mol. The van der Waals surface area contributed by atoms with Crippen molar-refractivity contribution in [2.75, 3.05) is 0 Å². The van der Waals surface area contributed by atoms with E-state index < -0.39 is 0 Å². The normalized spacial score (nSPS) is 9.55. The van der Waals surface area contributed by atoms with Gasteiger partial charge >= 0.3 is 0 Å². The van der Waals surface area contributed by atoms with E-state index in [0.717, 1.165) is 0 Å². The fourth-order valence-electron chi connectivity index (χ4n) is 1.31. The Bertz CT molecular complexity index is 313. The van der Waals surface area contributed by atoms with E-state index in [1.165, 1.54) is 16.3 Å². The summed E-state index contributed by atoms with van der Waals surface area (Å²) in [6.45, 7) is 2.12. The van der Waals surface area contributed by atoms with Gasteiger partial charge in [0.25, 0.3) is 0 Å². The van der Waals surface area contributed by atoms with Gasteiger partial charge in [0.1, 0.15) is 0 Å². The quantitative estimate of drug-likeness (QED) is 0.519. The summed E-state index contributed by atoms with van der Waals surface area (Å²) in [6, 6.07) is 12.8. The van der Waals surface area contributed by atoms with Crippen LogP contribution in [0.25, 0.3) is 10.8 Å². The number of aryl methyl sites for hydroxylation is 1. The van der Waals surface area contributed by atoms with Crippen LogP contribution >= 0.6 is 0 Å². The van der Waals surface area contributed by atoms with Gasteiger partial charge in [-0.2, -0.15) is 6.07 Å². The maximum Gasteiger partial charge on any atom is 0 e. The van der Waals surface area contributed by atoms with Gasteiger partial charge in [0.05, 0.1) is 0 Å². The Balaban J connectivity index is 0.000000605. The summed E-state index contributed by atoms with van der Waals surface area (Å²) in [5.74, 6) is 0. The van der Waals surface area contributed by atoms with E-state index in [1.54, 1.807) is 0 Å². The van der Waals surface area contributed by atoms with Gasteiger partial charge in [-0.15, -0.1) is 40.6 Å². The molecule has 54 valence electrons. The van der Waals surface area contributed by atoms with E-state index in [4.69, 9.17) is 0 Å². The predicted molar refractivity (Wildman–Crippen MR) is 44.3 cm³/mol. The first-order valence-electron chi connectivity index (χ1n) is 3.48. The Hall–Kier alpha value is -0.300. The van der Waals surface area contributed by atoms with Crippen molar-refractivity contribution in [3.63, 3.8) is 0 Å². The molecule has 2 aromatic carbocycles. The van der Waals surface area contributed by atoms with E-state index >= 15 is 0 Å². The largest absolute Gasteiger partial charge is 0.165 e. The van der Waals surface area contributed by atoms with Gasteiger partial charge in [-0.3, -0.25) is 0 Å². The van der Waals surface area contributed by atoms with Crippen LogP contribution in [0.4, 0.5) is 0 Å². The molecule has 1 heteroatoms. The molecule has 0 fully saturated rings. The molecule has 0 aliphatic carbocycles. The van der Waals surface area contributed by atoms with Crippen LogP contribution in [0.15, 0.2) is 36.4 Å². The van der Waals surface area contributed by atoms with Crippen LogP contribution in [0.1, 0.15) is 5.56 Å². The van der Waals surface area contributed by atoms with Gasteiger partial charge in [-0.05, 0) is 0 Å². The van der Waals surface area contributed by atoms with E-state index in [1.807, 2.05) is 0 Å². The third kappa shape index (κ3) is 1.64. The topological polar surface area (TPSA) is 0 Å². The van der Waals surface area contributed by atoms with E-state index in [0.29, 0.717) is 0 Å². The van der Waals surface area contributed by atoms with Gasteiger partial charge in [-0.25, -0.2) is 0 Å². The molecule has 0 unspecified atom stereocenters. The molecule has 0 atom stereocenters. The molecule has 0 heterocycles.